The van der Waals surface area contributed by atoms with Gasteiger partial charge in [0.15, 0.2) is 0 Å². The van der Waals surface area contributed by atoms with Gasteiger partial charge in [0.25, 0.3) is 0 Å². The van der Waals surface area contributed by atoms with Crippen LogP contribution in [0.25, 0.3) is 0 Å². The highest BCUT2D eigenvalue weighted by atomic mass is 32.2. The lowest BCUT2D eigenvalue weighted by molar-refractivity contribution is -0.124. The molecule has 2 rings (SSSR count). The first-order valence-corrected chi connectivity index (χ1v) is 10.9. The average Bonchev–Trinajstić information content (AvgIpc) is 3.04. The molecule has 0 radical (unpaired) electrons. The molecular weight excluding hydrogens is 348 g/mol. The highest BCUT2D eigenvalue weighted by Crippen LogP contribution is 2.29. The van der Waals surface area contributed by atoms with Gasteiger partial charge in [-0.2, -0.15) is 0 Å². The molecule has 1 aromatic carbocycles. The second-order valence-electron chi connectivity index (χ2n) is 8.36. The van der Waals surface area contributed by atoms with Gasteiger partial charge in [-0.3, -0.25) is 4.79 Å². The van der Waals surface area contributed by atoms with E-state index in [2.05, 4.69) is 30.8 Å². The van der Waals surface area contributed by atoms with Crippen molar-refractivity contribution in [3.05, 3.63) is 28.8 Å². The van der Waals surface area contributed by atoms with Crippen LogP contribution in [0.1, 0.15) is 63.1 Å². The third-order valence-corrected chi connectivity index (χ3v) is 6.80. The maximum absolute atomic E-state index is 12.7. The van der Waals surface area contributed by atoms with Crippen LogP contribution >= 0.6 is 0 Å². The average molecular weight is 381 g/mol. The fourth-order valence-electron chi connectivity index (χ4n) is 3.58. The van der Waals surface area contributed by atoms with E-state index in [-0.39, 0.29) is 23.8 Å². The molecule has 1 aliphatic carbocycles. The zero-order chi connectivity index (χ0) is 19.5. The number of carbonyl (C=O) groups excluding carboxylic acids is 1. The lowest BCUT2D eigenvalue weighted by Gasteiger charge is -2.22. The Morgan fingerprint density at radius 2 is 1.62 bits per heavy atom. The van der Waals surface area contributed by atoms with Crippen molar-refractivity contribution in [3.8, 4) is 0 Å². The summed E-state index contributed by atoms with van der Waals surface area (Å²) in [5.74, 6) is 0.143. The zero-order valence-corrected chi connectivity index (χ0v) is 17.4. The molecule has 2 N–H and O–H groups in total. The summed E-state index contributed by atoms with van der Waals surface area (Å²) in [6.07, 6.45) is 4.09. The van der Waals surface area contributed by atoms with Crippen molar-refractivity contribution < 1.29 is 13.2 Å². The van der Waals surface area contributed by atoms with Crippen LogP contribution in [0.2, 0.25) is 0 Å². The third kappa shape index (κ3) is 5.07. The van der Waals surface area contributed by atoms with E-state index in [0.29, 0.717) is 11.4 Å². The zero-order valence-electron chi connectivity index (χ0n) is 16.6. The largest absolute Gasteiger partial charge is 0.355 e. The van der Waals surface area contributed by atoms with Crippen molar-refractivity contribution in [2.24, 2.45) is 5.92 Å². The van der Waals surface area contributed by atoms with E-state index in [1.54, 1.807) is 0 Å². The Morgan fingerprint density at radius 3 is 2.12 bits per heavy atom. The summed E-state index contributed by atoms with van der Waals surface area (Å²) < 4.78 is 28.0. The van der Waals surface area contributed by atoms with Crippen molar-refractivity contribution in [2.75, 3.05) is 13.1 Å². The minimum absolute atomic E-state index is 0.0320. The van der Waals surface area contributed by atoms with Gasteiger partial charge in [-0.15, -0.1) is 0 Å². The predicted octanol–water partition coefficient (Wildman–Crippen LogP) is 3.19. The summed E-state index contributed by atoms with van der Waals surface area (Å²) in [5.41, 5.74) is 2.58. The monoisotopic (exact) mass is 380 g/mol. The first-order valence-electron chi connectivity index (χ1n) is 9.41. The number of benzene rings is 1. The van der Waals surface area contributed by atoms with Gasteiger partial charge in [0.1, 0.15) is 0 Å². The number of nitrogens with one attached hydrogen (secondary N) is 2. The molecule has 0 unspecified atom stereocenters. The highest BCUT2D eigenvalue weighted by Gasteiger charge is 2.24. The first kappa shape index (κ1) is 20.9. The van der Waals surface area contributed by atoms with Crippen LogP contribution in [0.4, 0.5) is 0 Å². The summed E-state index contributed by atoms with van der Waals surface area (Å²) in [7, 11) is -3.60. The van der Waals surface area contributed by atoms with Crippen LogP contribution in [0.15, 0.2) is 17.0 Å². The molecule has 0 aliphatic heterocycles. The number of hydrogen-bond acceptors (Lipinski definition) is 3. The Balaban J connectivity index is 2.00. The van der Waals surface area contributed by atoms with Crippen LogP contribution in [0.3, 0.4) is 0 Å². The minimum atomic E-state index is -3.60. The summed E-state index contributed by atoms with van der Waals surface area (Å²) in [4.78, 5) is 12.3. The molecule has 6 heteroatoms. The van der Waals surface area contributed by atoms with Crippen molar-refractivity contribution in [3.63, 3.8) is 0 Å². The molecule has 0 atom stereocenters. The van der Waals surface area contributed by atoms with E-state index < -0.39 is 10.0 Å². The Morgan fingerprint density at radius 1 is 1.08 bits per heavy atom. The maximum atomic E-state index is 12.7. The summed E-state index contributed by atoms with van der Waals surface area (Å²) in [6, 6.07) is 3.90. The Labute approximate surface area is 158 Å². The van der Waals surface area contributed by atoms with E-state index in [0.717, 1.165) is 42.4 Å². The smallest absolute Gasteiger partial charge is 0.241 e. The molecule has 0 spiro atoms. The van der Waals surface area contributed by atoms with Gasteiger partial charge in [-0.25, -0.2) is 13.1 Å². The number of aryl methyl sites for hydroxylation is 2. The van der Waals surface area contributed by atoms with Gasteiger partial charge in [0.05, 0.1) is 4.90 Å². The SMILES string of the molecule is Cc1cc(C(C)(C)C)cc(C)c1S(=O)(=O)NCCNC(=O)C1CCCC1. The van der Waals surface area contributed by atoms with Crippen LogP contribution in [-0.4, -0.2) is 27.4 Å². The van der Waals surface area contributed by atoms with Crippen molar-refractivity contribution in [2.45, 2.75) is 70.6 Å². The molecule has 5 nitrogen and oxygen atoms in total. The van der Waals surface area contributed by atoms with Crippen LogP contribution in [0.5, 0.6) is 0 Å². The maximum Gasteiger partial charge on any atom is 0.241 e. The minimum Gasteiger partial charge on any atom is -0.355 e. The van der Waals surface area contributed by atoms with E-state index in [1.165, 1.54) is 0 Å². The van der Waals surface area contributed by atoms with Gasteiger partial charge < -0.3 is 5.32 Å². The van der Waals surface area contributed by atoms with Crippen molar-refractivity contribution in [1.29, 1.82) is 0 Å². The van der Waals surface area contributed by atoms with E-state index in [9.17, 15) is 13.2 Å². The number of sulfonamides is 1. The number of rotatable bonds is 6. The molecule has 1 aromatic rings. The lowest BCUT2D eigenvalue weighted by Crippen LogP contribution is -2.37. The summed E-state index contributed by atoms with van der Waals surface area (Å²) in [5, 5.41) is 2.84. The molecule has 146 valence electrons. The molecule has 0 bridgehead atoms. The van der Waals surface area contributed by atoms with Crippen molar-refractivity contribution >= 4 is 15.9 Å². The van der Waals surface area contributed by atoms with E-state index in [4.69, 9.17) is 0 Å². The van der Waals surface area contributed by atoms with Crippen molar-refractivity contribution in [1.82, 2.24) is 10.0 Å². The summed E-state index contributed by atoms with van der Waals surface area (Å²) >= 11 is 0. The Kier molecular flexibility index (Phi) is 6.51. The standard InChI is InChI=1S/C20H32N2O3S/c1-14-12-17(20(3,4)5)13-15(2)18(14)26(24,25)22-11-10-21-19(23)16-8-6-7-9-16/h12-13,16,22H,6-11H2,1-5H3,(H,21,23). The number of carbonyl (C=O) groups is 1. The molecule has 0 heterocycles. The summed E-state index contributed by atoms with van der Waals surface area (Å²) in [6.45, 7) is 10.5. The molecule has 0 saturated heterocycles. The highest BCUT2D eigenvalue weighted by molar-refractivity contribution is 7.89. The Bertz CT molecular complexity index is 735. The van der Waals surface area contributed by atoms with Gasteiger partial charge in [0.2, 0.25) is 15.9 Å². The van der Waals surface area contributed by atoms with Gasteiger partial charge in [0, 0.05) is 19.0 Å². The van der Waals surface area contributed by atoms with Crippen LogP contribution in [0, 0.1) is 19.8 Å². The van der Waals surface area contributed by atoms with Gasteiger partial charge in [-0.05, 0) is 48.8 Å². The molecule has 1 aliphatic rings. The van der Waals surface area contributed by atoms with Crippen LogP contribution in [-0.2, 0) is 20.2 Å². The molecule has 1 amide bonds. The molecule has 1 fully saturated rings. The predicted molar refractivity (Wildman–Crippen MR) is 105 cm³/mol. The second-order valence-corrected chi connectivity index (χ2v) is 10.1. The Hall–Kier alpha value is -1.40. The topological polar surface area (TPSA) is 75.3 Å². The second kappa shape index (κ2) is 8.09. The fourth-order valence-corrected chi connectivity index (χ4v) is 5.06. The fraction of sp³-hybridized carbons (Fsp3) is 0.650. The van der Waals surface area contributed by atoms with Gasteiger partial charge >= 0.3 is 0 Å². The van der Waals surface area contributed by atoms with Crippen LogP contribution < -0.4 is 10.0 Å². The molecule has 1 saturated carbocycles. The number of hydrogen-bond donors (Lipinski definition) is 2. The van der Waals surface area contributed by atoms with Gasteiger partial charge in [-0.1, -0.05) is 45.7 Å². The number of amides is 1. The third-order valence-electron chi connectivity index (χ3n) is 5.04. The first-order chi connectivity index (χ1) is 12.0. The molecule has 26 heavy (non-hydrogen) atoms. The lowest BCUT2D eigenvalue weighted by atomic mass is 9.85. The normalized spacial score (nSPS) is 16.0. The molecule has 0 aromatic heterocycles. The quantitative estimate of drug-likeness (QED) is 0.744. The van der Waals surface area contributed by atoms with E-state index in [1.807, 2.05) is 26.0 Å². The van der Waals surface area contributed by atoms with E-state index >= 15 is 0 Å². The molecular formula is C20H32N2O3S.